The Balaban J connectivity index is 1.32. The highest BCUT2D eigenvalue weighted by molar-refractivity contribution is 5.94. The second-order valence-electron chi connectivity index (χ2n) is 7.62. The number of nitrogens with one attached hydrogen (secondary N) is 1. The van der Waals surface area contributed by atoms with Crippen molar-refractivity contribution in [2.24, 2.45) is 0 Å². The minimum atomic E-state index is -0.393. The van der Waals surface area contributed by atoms with Gasteiger partial charge in [-0.2, -0.15) is 0 Å². The lowest BCUT2D eigenvalue weighted by Crippen LogP contribution is -2.20. The monoisotopic (exact) mass is 427 g/mol. The van der Waals surface area contributed by atoms with Crippen molar-refractivity contribution < 1.29 is 9.53 Å². The second-order valence-corrected chi connectivity index (χ2v) is 7.62. The van der Waals surface area contributed by atoms with Crippen LogP contribution in [-0.2, 0) is 22.6 Å². The number of nitrogens with zero attached hydrogens (tertiary/aromatic N) is 2. The Bertz CT molecular complexity index is 1520. The molecule has 0 aliphatic carbocycles. The zero-order valence-corrected chi connectivity index (χ0v) is 17.3. The number of H-pyrrole nitrogens is 1. The summed E-state index contributed by atoms with van der Waals surface area (Å²) < 4.78 is 8.92. The second kappa shape index (κ2) is 8.19. The number of imidazole rings is 1. The Hall–Kier alpha value is -4.13. The van der Waals surface area contributed by atoms with E-state index in [0.29, 0.717) is 34.8 Å². The molecule has 0 bridgehead atoms. The maximum absolute atomic E-state index is 12.8. The minimum Gasteiger partial charge on any atom is -0.464 e. The Morgan fingerprint density at radius 2 is 1.38 bits per heavy atom. The summed E-state index contributed by atoms with van der Waals surface area (Å²) in [6, 6.07) is 22.0. The van der Waals surface area contributed by atoms with Gasteiger partial charge in [0.1, 0.15) is 6.54 Å². The fourth-order valence-electron chi connectivity index (χ4n) is 4.16. The molecule has 0 aliphatic rings. The van der Waals surface area contributed by atoms with Crippen molar-refractivity contribution in [1.29, 1.82) is 0 Å². The van der Waals surface area contributed by atoms with Gasteiger partial charge in [-0.1, -0.05) is 36.4 Å². The normalized spacial score (nSPS) is 11.4. The Morgan fingerprint density at radius 3 is 2.06 bits per heavy atom. The van der Waals surface area contributed by atoms with Crippen LogP contribution in [0, 0.1) is 0 Å². The lowest BCUT2D eigenvalue weighted by atomic mass is 10.1. The molecule has 3 aromatic carbocycles. The van der Waals surface area contributed by atoms with E-state index in [-0.39, 0.29) is 24.3 Å². The number of carbonyl (C=O) groups excluding carboxylic acids is 1. The Morgan fingerprint density at radius 1 is 0.781 bits per heavy atom. The molecule has 0 atom stereocenters. The summed E-state index contributed by atoms with van der Waals surface area (Å²) in [7, 11) is 0. The average molecular weight is 427 g/mol. The van der Waals surface area contributed by atoms with Gasteiger partial charge in [0.15, 0.2) is 5.43 Å². The highest BCUT2D eigenvalue weighted by Crippen LogP contribution is 2.19. The third kappa shape index (κ3) is 3.47. The smallest absolute Gasteiger partial charge is 0.326 e. The van der Waals surface area contributed by atoms with E-state index >= 15 is 0 Å². The van der Waals surface area contributed by atoms with Gasteiger partial charge in [0.2, 0.25) is 0 Å². The molecular weight excluding hydrogens is 406 g/mol. The summed E-state index contributed by atoms with van der Waals surface area (Å²) in [4.78, 5) is 40.4. The fourth-order valence-corrected chi connectivity index (χ4v) is 4.16. The maximum atomic E-state index is 12.8. The van der Waals surface area contributed by atoms with E-state index in [1.165, 1.54) is 0 Å². The zero-order chi connectivity index (χ0) is 22.1. The molecule has 7 heteroatoms. The SMILES string of the molecule is O=C(Cn1c2ccccc2c(=O)c2ccccc21)OCCCn1c(=O)[nH]c2ccccc21. The molecule has 0 aliphatic heterocycles. The van der Waals surface area contributed by atoms with Crippen LogP contribution in [0.15, 0.2) is 82.4 Å². The van der Waals surface area contributed by atoms with Crippen molar-refractivity contribution >= 4 is 38.8 Å². The molecule has 7 nitrogen and oxygen atoms in total. The van der Waals surface area contributed by atoms with E-state index in [1.807, 2.05) is 65.2 Å². The minimum absolute atomic E-state index is 0.00561. The van der Waals surface area contributed by atoms with Crippen molar-refractivity contribution in [3.05, 3.63) is 93.5 Å². The topological polar surface area (TPSA) is 86.1 Å². The van der Waals surface area contributed by atoms with E-state index in [0.717, 1.165) is 11.0 Å². The Kier molecular flexibility index (Phi) is 5.07. The Labute approximate surface area is 182 Å². The molecule has 1 N–H and O–H groups in total. The lowest BCUT2D eigenvalue weighted by molar-refractivity contribution is -0.144. The van der Waals surface area contributed by atoms with E-state index in [9.17, 15) is 14.4 Å². The first-order valence-electron chi connectivity index (χ1n) is 10.5. The molecule has 2 aromatic heterocycles. The molecule has 0 spiro atoms. The van der Waals surface area contributed by atoms with Crippen LogP contribution in [0.2, 0.25) is 0 Å². The number of ether oxygens (including phenoxy) is 1. The predicted octanol–water partition coefficient (Wildman–Crippen LogP) is 3.43. The summed E-state index contributed by atoms with van der Waals surface area (Å²) in [5.74, 6) is -0.393. The molecule has 32 heavy (non-hydrogen) atoms. The third-order valence-corrected chi connectivity index (χ3v) is 5.64. The summed E-state index contributed by atoms with van der Waals surface area (Å²) in [5, 5.41) is 1.13. The number of aromatic nitrogens is 3. The molecule has 160 valence electrons. The average Bonchev–Trinajstić information content (AvgIpc) is 3.14. The highest BCUT2D eigenvalue weighted by Gasteiger charge is 2.13. The van der Waals surface area contributed by atoms with Crippen LogP contribution in [0.5, 0.6) is 0 Å². The number of aryl methyl sites for hydroxylation is 1. The summed E-state index contributed by atoms with van der Waals surface area (Å²) in [5.41, 5.74) is 2.77. The molecule has 5 aromatic rings. The van der Waals surface area contributed by atoms with Crippen molar-refractivity contribution in [3.63, 3.8) is 0 Å². The fraction of sp³-hybridized carbons (Fsp3) is 0.160. The van der Waals surface area contributed by atoms with Gasteiger partial charge in [-0.3, -0.25) is 14.2 Å². The number of rotatable bonds is 6. The van der Waals surface area contributed by atoms with Crippen LogP contribution < -0.4 is 11.1 Å². The molecule has 0 saturated heterocycles. The predicted molar refractivity (Wildman–Crippen MR) is 124 cm³/mol. The number of aromatic amines is 1. The number of para-hydroxylation sites is 4. The van der Waals surface area contributed by atoms with Crippen molar-refractivity contribution in [2.45, 2.75) is 19.5 Å². The van der Waals surface area contributed by atoms with Crippen LogP contribution in [0.3, 0.4) is 0 Å². The first kappa shape index (κ1) is 19.8. The van der Waals surface area contributed by atoms with Gasteiger partial charge in [0, 0.05) is 17.3 Å². The van der Waals surface area contributed by atoms with Crippen LogP contribution >= 0.6 is 0 Å². The van der Waals surface area contributed by atoms with Gasteiger partial charge >= 0.3 is 11.7 Å². The molecule has 0 amide bonds. The van der Waals surface area contributed by atoms with Gasteiger partial charge in [0.25, 0.3) is 0 Å². The number of fused-ring (bicyclic) bond motifs is 3. The number of pyridine rings is 1. The number of hydrogen-bond donors (Lipinski definition) is 1. The molecular formula is C25H21N3O4. The summed E-state index contributed by atoms with van der Waals surface area (Å²) in [6.07, 6.45) is 0.513. The first-order chi connectivity index (χ1) is 15.6. The first-order valence-corrected chi connectivity index (χ1v) is 10.5. The third-order valence-electron chi connectivity index (χ3n) is 5.64. The molecule has 0 radical (unpaired) electrons. The summed E-state index contributed by atoms with van der Waals surface area (Å²) >= 11 is 0. The molecule has 0 saturated carbocycles. The standard InChI is InChI=1S/C25H21N3O4/c29-23(32-15-7-14-27-22-13-6-3-10-19(22)26-25(27)31)16-28-20-11-4-1-8-17(20)24(30)18-9-2-5-12-21(18)28/h1-6,8-13H,7,14-16H2,(H,26,31). The van der Waals surface area contributed by atoms with Crippen molar-refractivity contribution in [3.8, 4) is 0 Å². The highest BCUT2D eigenvalue weighted by atomic mass is 16.5. The van der Waals surface area contributed by atoms with Gasteiger partial charge in [-0.25, -0.2) is 4.79 Å². The lowest BCUT2D eigenvalue weighted by Gasteiger charge is -2.14. The largest absolute Gasteiger partial charge is 0.464 e. The zero-order valence-electron chi connectivity index (χ0n) is 17.3. The van der Waals surface area contributed by atoms with Gasteiger partial charge in [-0.05, 0) is 42.8 Å². The van der Waals surface area contributed by atoms with Gasteiger partial charge in [-0.15, -0.1) is 0 Å². The van der Waals surface area contributed by atoms with Gasteiger partial charge < -0.3 is 14.3 Å². The van der Waals surface area contributed by atoms with Crippen LogP contribution in [0.25, 0.3) is 32.8 Å². The quantitative estimate of drug-likeness (QED) is 0.256. The molecule has 2 heterocycles. The van der Waals surface area contributed by atoms with Crippen molar-refractivity contribution in [1.82, 2.24) is 14.1 Å². The molecule has 0 fully saturated rings. The van der Waals surface area contributed by atoms with Crippen molar-refractivity contribution in [2.75, 3.05) is 6.61 Å². The number of benzene rings is 3. The van der Waals surface area contributed by atoms with E-state index in [1.54, 1.807) is 16.7 Å². The number of carbonyl (C=O) groups is 1. The van der Waals surface area contributed by atoms with Crippen LogP contribution in [-0.4, -0.2) is 26.7 Å². The number of esters is 1. The van der Waals surface area contributed by atoms with E-state index in [4.69, 9.17) is 4.74 Å². The molecule has 5 rings (SSSR count). The summed E-state index contributed by atoms with van der Waals surface area (Å²) in [6.45, 7) is 0.634. The van der Waals surface area contributed by atoms with E-state index in [2.05, 4.69) is 4.98 Å². The number of hydrogen-bond acceptors (Lipinski definition) is 4. The molecule has 0 unspecified atom stereocenters. The van der Waals surface area contributed by atoms with Gasteiger partial charge in [0.05, 0.1) is 28.7 Å². The van der Waals surface area contributed by atoms with Crippen LogP contribution in [0.1, 0.15) is 6.42 Å². The van der Waals surface area contributed by atoms with Crippen LogP contribution in [0.4, 0.5) is 0 Å². The maximum Gasteiger partial charge on any atom is 0.326 e. The van der Waals surface area contributed by atoms with E-state index < -0.39 is 5.97 Å².